The van der Waals surface area contributed by atoms with Crippen molar-refractivity contribution in [2.75, 3.05) is 28.4 Å². The van der Waals surface area contributed by atoms with Crippen molar-refractivity contribution >= 4 is 35.1 Å². The predicted molar refractivity (Wildman–Crippen MR) is 126 cm³/mol. The van der Waals surface area contributed by atoms with Gasteiger partial charge in [0.15, 0.2) is 0 Å². The van der Waals surface area contributed by atoms with Crippen LogP contribution in [0.15, 0.2) is 60.7 Å². The topological polar surface area (TPSA) is 88.1 Å². The highest BCUT2D eigenvalue weighted by atomic mass is 35.5. The molecule has 3 rings (SSSR count). The van der Waals surface area contributed by atoms with E-state index in [4.69, 9.17) is 30.5 Å². The molecule has 0 amide bonds. The van der Waals surface area contributed by atoms with E-state index in [9.17, 15) is 14.2 Å². The van der Waals surface area contributed by atoms with Crippen molar-refractivity contribution in [1.82, 2.24) is 0 Å². The van der Waals surface area contributed by atoms with Crippen LogP contribution in [0, 0.1) is 0 Å². The molecule has 33 heavy (non-hydrogen) atoms. The summed E-state index contributed by atoms with van der Waals surface area (Å²) in [6.45, 7) is 0. The molecule has 0 saturated carbocycles. The molecule has 172 valence electrons. The molecule has 0 saturated heterocycles. The van der Waals surface area contributed by atoms with Gasteiger partial charge >= 0.3 is 0 Å². The standard InChI is InChI=1S/C24H22ClO7P/c1-29-16-13-19(31-3)21(20(14-16)32-4)24(27)33(28,23(26)15-9-6-5-7-10-15)22-17(25)11-8-12-18(22)30-2/h5-14H,1-4H3. The molecular formula is C24H22ClO7P. The van der Waals surface area contributed by atoms with Gasteiger partial charge in [0.2, 0.25) is 11.0 Å². The summed E-state index contributed by atoms with van der Waals surface area (Å²) in [5.74, 6) is 0.460. The van der Waals surface area contributed by atoms with Crippen LogP contribution in [-0.4, -0.2) is 39.5 Å². The van der Waals surface area contributed by atoms with Gasteiger partial charge < -0.3 is 23.5 Å². The first-order valence-corrected chi connectivity index (χ1v) is 11.8. The van der Waals surface area contributed by atoms with Crippen LogP contribution in [0.4, 0.5) is 0 Å². The Balaban J connectivity index is 2.39. The summed E-state index contributed by atoms with van der Waals surface area (Å²) < 4.78 is 36.0. The van der Waals surface area contributed by atoms with Crippen LogP contribution in [0.5, 0.6) is 23.0 Å². The zero-order valence-electron chi connectivity index (χ0n) is 18.5. The molecule has 3 aromatic rings. The third-order valence-electron chi connectivity index (χ3n) is 5.01. The molecule has 7 nitrogen and oxygen atoms in total. The maximum absolute atomic E-state index is 14.7. The smallest absolute Gasteiger partial charge is 0.254 e. The summed E-state index contributed by atoms with van der Waals surface area (Å²) in [6, 6.07) is 15.3. The number of rotatable bonds is 9. The van der Waals surface area contributed by atoms with E-state index in [0.717, 1.165) is 0 Å². The lowest BCUT2D eigenvalue weighted by atomic mass is 10.2. The Bertz CT molecular complexity index is 1220. The number of hydrogen-bond acceptors (Lipinski definition) is 7. The molecule has 1 atom stereocenters. The van der Waals surface area contributed by atoms with Crippen molar-refractivity contribution in [2.45, 2.75) is 0 Å². The third-order valence-corrected chi connectivity index (χ3v) is 8.17. The van der Waals surface area contributed by atoms with E-state index >= 15 is 0 Å². The van der Waals surface area contributed by atoms with E-state index in [-0.39, 0.29) is 38.7 Å². The van der Waals surface area contributed by atoms with Crippen molar-refractivity contribution in [3.05, 3.63) is 76.8 Å². The summed E-state index contributed by atoms with van der Waals surface area (Å²) in [5.41, 5.74) is -1.98. The Labute approximate surface area is 196 Å². The van der Waals surface area contributed by atoms with Crippen LogP contribution in [-0.2, 0) is 4.57 Å². The molecular weight excluding hydrogens is 467 g/mol. The van der Waals surface area contributed by atoms with Gasteiger partial charge in [-0.25, -0.2) is 0 Å². The zero-order valence-corrected chi connectivity index (χ0v) is 20.1. The van der Waals surface area contributed by atoms with Crippen LogP contribution < -0.4 is 24.3 Å². The van der Waals surface area contributed by atoms with Gasteiger partial charge in [-0.2, -0.15) is 0 Å². The number of benzene rings is 3. The van der Waals surface area contributed by atoms with Gasteiger partial charge in [0, 0.05) is 17.7 Å². The number of carbonyl (C=O) groups is 2. The lowest BCUT2D eigenvalue weighted by Crippen LogP contribution is -2.23. The van der Waals surface area contributed by atoms with Gasteiger partial charge in [0.05, 0.1) is 38.8 Å². The maximum Gasteiger partial charge on any atom is 0.254 e. The molecule has 0 radical (unpaired) electrons. The SMILES string of the molecule is COc1cc(OC)c(C(=O)P(=O)(C(=O)c2ccccc2)c2c(Cl)cccc2OC)c(OC)c1. The number of hydrogen-bond donors (Lipinski definition) is 0. The second-order valence-electron chi connectivity index (χ2n) is 6.78. The molecule has 0 bridgehead atoms. The van der Waals surface area contributed by atoms with Gasteiger partial charge in [-0.1, -0.05) is 48.0 Å². The van der Waals surface area contributed by atoms with Crippen LogP contribution in [0.25, 0.3) is 0 Å². The summed E-state index contributed by atoms with van der Waals surface area (Å²) >= 11 is 6.41. The van der Waals surface area contributed by atoms with Crippen molar-refractivity contribution in [1.29, 1.82) is 0 Å². The molecule has 0 heterocycles. The Morgan fingerprint density at radius 1 is 0.727 bits per heavy atom. The van der Waals surface area contributed by atoms with E-state index in [1.807, 2.05) is 0 Å². The molecule has 0 aliphatic carbocycles. The van der Waals surface area contributed by atoms with E-state index in [0.29, 0.717) is 5.75 Å². The average molecular weight is 489 g/mol. The highest BCUT2D eigenvalue weighted by molar-refractivity contribution is 8.01. The Morgan fingerprint density at radius 2 is 1.30 bits per heavy atom. The van der Waals surface area contributed by atoms with Crippen LogP contribution in [0.2, 0.25) is 5.02 Å². The third kappa shape index (κ3) is 4.34. The van der Waals surface area contributed by atoms with Gasteiger partial charge in [-0.15, -0.1) is 0 Å². The number of carbonyl (C=O) groups excluding carboxylic acids is 2. The largest absolute Gasteiger partial charge is 0.496 e. The lowest BCUT2D eigenvalue weighted by Gasteiger charge is -2.22. The number of halogens is 1. The van der Waals surface area contributed by atoms with Gasteiger partial charge in [-0.05, 0) is 12.1 Å². The Morgan fingerprint density at radius 3 is 1.82 bits per heavy atom. The van der Waals surface area contributed by atoms with Gasteiger partial charge in [0.1, 0.15) is 28.6 Å². The predicted octanol–water partition coefficient (Wildman–Crippen LogP) is 5.04. The zero-order chi connectivity index (χ0) is 24.2. The monoisotopic (exact) mass is 488 g/mol. The molecule has 0 aliphatic rings. The second-order valence-corrected chi connectivity index (χ2v) is 9.67. The van der Waals surface area contributed by atoms with E-state index in [1.54, 1.807) is 24.3 Å². The fraction of sp³-hybridized carbons (Fsp3) is 0.167. The molecule has 1 unspecified atom stereocenters. The molecule has 0 aromatic heterocycles. The van der Waals surface area contributed by atoms with Crippen molar-refractivity contribution in [3.63, 3.8) is 0 Å². The molecule has 0 fully saturated rings. The summed E-state index contributed by atoms with van der Waals surface area (Å²) in [7, 11) is 0.825. The van der Waals surface area contributed by atoms with E-state index in [2.05, 4.69) is 0 Å². The number of ether oxygens (including phenoxy) is 4. The average Bonchev–Trinajstić information content (AvgIpc) is 2.86. The minimum atomic E-state index is -4.63. The first kappa shape index (κ1) is 24.4. The summed E-state index contributed by atoms with van der Waals surface area (Å²) in [4.78, 5) is 27.8. The maximum atomic E-state index is 14.7. The first-order valence-electron chi connectivity index (χ1n) is 9.71. The van der Waals surface area contributed by atoms with Crippen molar-refractivity contribution in [3.8, 4) is 23.0 Å². The fourth-order valence-electron chi connectivity index (χ4n) is 3.40. The van der Waals surface area contributed by atoms with Crippen LogP contribution in [0.3, 0.4) is 0 Å². The van der Waals surface area contributed by atoms with Crippen molar-refractivity contribution in [2.24, 2.45) is 0 Å². The van der Waals surface area contributed by atoms with Gasteiger partial charge in [-0.3, -0.25) is 9.59 Å². The quantitative estimate of drug-likeness (QED) is 0.390. The highest BCUT2D eigenvalue weighted by Gasteiger charge is 2.48. The Hall–Kier alpha value is -3.28. The van der Waals surface area contributed by atoms with Crippen LogP contribution >= 0.6 is 18.7 Å². The second kappa shape index (κ2) is 10.1. The lowest BCUT2D eigenvalue weighted by molar-refractivity contribution is 0.103. The molecule has 0 N–H and O–H groups in total. The fourth-order valence-corrected chi connectivity index (χ4v) is 6.41. The molecule has 3 aromatic carbocycles. The number of methoxy groups -OCH3 is 4. The first-order chi connectivity index (χ1) is 15.8. The van der Waals surface area contributed by atoms with Crippen LogP contribution in [0.1, 0.15) is 20.7 Å². The Kier molecular flexibility index (Phi) is 7.46. The summed E-state index contributed by atoms with van der Waals surface area (Å²) in [5, 5.41) is -0.227. The van der Waals surface area contributed by atoms with E-state index < -0.39 is 18.2 Å². The van der Waals surface area contributed by atoms with Crippen molar-refractivity contribution < 1.29 is 33.1 Å². The van der Waals surface area contributed by atoms with Gasteiger partial charge in [0.25, 0.3) is 7.14 Å². The molecule has 9 heteroatoms. The summed E-state index contributed by atoms with van der Waals surface area (Å²) in [6.07, 6.45) is 0. The molecule has 0 aliphatic heterocycles. The highest BCUT2D eigenvalue weighted by Crippen LogP contribution is 2.57. The minimum absolute atomic E-state index is 0.0308. The van der Waals surface area contributed by atoms with E-state index in [1.165, 1.54) is 64.8 Å². The minimum Gasteiger partial charge on any atom is -0.496 e. The normalized spacial score (nSPS) is 12.4. The molecule has 0 spiro atoms.